The lowest BCUT2D eigenvalue weighted by atomic mass is 9.91. The highest BCUT2D eigenvalue weighted by atomic mass is 16.3. The summed E-state index contributed by atoms with van der Waals surface area (Å²) in [4.78, 5) is 15.1. The summed E-state index contributed by atoms with van der Waals surface area (Å²) < 4.78 is 6.19. The molecule has 0 aliphatic heterocycles. The SMILES string of the molecule is C1=Cc2ccc3ccc(-c4nc(-c5ccccc5)nc(-c5cccc(-c6cccc7oc8ccccc8c67)c5)n4)cc3c2CC1. The number of nitrogens with zero attached hydrogens (tertiary/aromatic N) is 3. The van der Waals surface area contributed by atoms with Gasteiger partial charge in [-0.3, -0.25) is 0 Å². The number of para-hydroxylation sites is 1. The molecule has 0 amide bonds. The molecule has 4 nitrogen and oxygen atoms in total. The molecule has 9 rings (SSSR count). The molecule has 212 valence electrons. The van der Waals surface area contributed by atoms with Gasteiger partial charge in [0, 0.05) is 27.5 Å². The van der Waals surface area contributed by atoms with Gasteiger partial charge in [-0.1, -0.05) is 115 Å². The summed E-state index contributed by atoms with van der Waals surface area (Å²) in [5, 5.41) is 4.72. The summed E-state index contributed by atoms with van der Waals surface area (Å²) in [6.07, 6.45) is 6.59. The summed E-state index contributed by atoms with van der Waals surface area (Å²) >= 11 is 0. The smallest absolute Gasteiger partial charge is 0.164 e. The molecule has 2 heterocycles. The van der Waals surface area contributed by atoms with E-state index >= 15 is 0 Å². The van der Waals surface area contributed by atoms with E-state index in [-0.39, 0.29) is 0 Å². The van der Waals surface area contributed by atoms with Crippen molar-refractivity contribution in [2.45, 2.75) is 12.8 Å². The summed E-state index contributed by atoms with van der Waals surface area (Å²) in [5.41, 5.74) is 9.52. The zero-order chi connectivity index (χ0) is 29.7. The third-order valence-electron chi connectivity index (χ3n) is 8.79. The average Bonchev–Trinajstić information content (AvgIpc) is 3.51. The van der Waals surface area contributed by atoms with Crippen molar-refractivity contribution in [1.29, 1.82) is 0 Å². The van der Waals surface area contributed by atoms with Gasteiger partial charge < -0.3 is 4.42 Å². The predicted octanol–water partition coefficient (Wildman–Crippen LogP) is 10.6. The molecule has 0 saturated carbocycles. The minimum Gasteiger partial charge on any atom is -0.456 e. The fourth-order valence-corrected chi connectivity index (χ4v) is 6.60. The molecular formula is C41H27N3O. The van der Waals surface area contributed by atoms with Crippen molar-refractivity contribution in [2.24, 2.45) is 0 Å². The van der Waals surface area contributed by atoms with E-state index in [1.54, 1.807) is 0 Å². The number of aromatic nitrogens is 3. The predicted molar refractivity (Wildman–Crippen MR) is 184 cm³/mol. The molecule has 0 saturated heterocycles. The van der Waals surface area contributed by atoms with Crippen LogP contribution in [0.25, 0.3) is 84.1 Å². The van der Waals surface area contributed by atoms with Crippen LogP contribution in [0.3, 0.4) is 0 Å². The first-order chi connectivity index (χ1) is 22.3. The van der Waals surface area contributed by atoms with Gasteiger partial charge in [-0.15, -0.1) is 0 Å². The third-order valence-corrected chi connectivity index (χ3v) is 8.79. The van der Waals surface area contributed by atoms with Gasteiger partial charge in [-0.05, 0) is 70.1 Å². The molecule has 0 spiro atoms. The third kappa shape index (κ3) is 4.42. The number of hydrogen-bond acceptors (Lipinski definition) is 4. The van der Waals surface area contributed by atoms with Crippen LogP contribution in [0, 0.1) is 0 Å². The Balaban J connectivity index is 1.22. The molecule has 0 atom stereocenters. The molecule has 4 heteroatoms. The first-order valence-corrected chi connectivity index (χ1v) is 15.3. The number of benzene rings is 6. The van der Waals surface area contributed by atoms with Gasteiger partial charge in [0.05, 0.1) is 0 Å². The first-order valence-electron chi connectivity index (χ1n) is 15.3. The fraction of sp³-hybridized carbons (Fsp3) is 0.0488. The number of furan rings is 1. The average molecular weight is 578 g/mol. The van der Waals surface area contributed by atoms with Crippen LogP contribution in [0.4, 0.5) is 0 Å². The largest absolute Gasteiger partial charge is 0.456 e. The number of aryl methyl sites for hydroxylation is 1. The lowest BCUT2D eigenvalue weighted by Crippen LogP contribution is -2.01. The maximum Gasteiger partial charge on any atom is 0.164 e. The zero-order valence-corrected chi connectivity index (χ0v) is 24.4. The van der Waals surface area contributed by atoms with Gasteiger partial charge in [0.15, 0.2) is 17.5 Å². The van der Waals surface area contributed by atoms with Gasteiger partial charge in [0.2, 0.25) is 0 Å². The molecular weight excluding hydrogens is 550 g/mol. The fourth-order valence-electron chi connectivity index (χ4n) is 6.60. The normalized spacial score (nSPS) is 12.6. The molecule has 1 aliphatic rings. The van der Waals surface area contributed by atoms with Gasteiger partial charge in [-0.25, -0.2) is 15.0 Å². The van der Waals surface area contributed by atoms with Crippen molar-refractivity contribution in [2.75, 3.05) is 0 Å². The van der Waals surface area contributed by atoms with Crippen molar-refractivity contribution < 1.29 is 4.42 Å². The maximum absolute atomic E-state index is 6.19. The first kappa shape index (κ1) is 25.6. The van der Waals surface area contributed by atoms with Crippen molar-refractivity contribution >= 4 is 38.8 Å². The van der Waals surface area contributed by atoms with E-state index in [4.69, 9.17) is 19.4 Å². The Hall–Kier alpha value is -5.87. The van der Waals surface area contributed by atoms with Gasteiger partial charge in [0.25, 0.3) is 0 Å². The van der Waals surface area contributed by atoms with Crippen LogP contribution in [-0.4, -0.2) is 15.0 Å². The second-order valence-corrected chi connectivity index (χ2v) is 11.5. The van der Waals surface area contributed by atoms with Crippen LogP contribution in [0.5, 0.6) is 0 Å². The van der Waals surface area contributed by atoms with Crippen LogP contribution in [0.2, 0.25) is 0 Å². The molecule has 2 aromatic heterocycles. The standard InChI is InChI=1S/C41H27N3O/c1-2-11-28(12-3-1)39-42-40(44-41(43-39)31-23-22-27-21-20-26-10-4-5-15-32(26)35(27)25-31)30-14-8-13-29(24-30)33-17-9-19-37-38(33)34-16-6-7-18-36(34)45-37/h1-4,6-14,16-25H,5,15H2. The van der Waals surface area contributed by atoms with E-state index in [0.717, 1.165) is 62.6 Å². The van der Waals surface area contributed by atoms with Crippen LogP contribution < -0.4 is 0 Å². The van der Waals surface area contributed by atoms with E-state index in [0.29, 0.717) is 17.5 Å². The van der Waals surface area contributed by atoms with E-state index in [1.807, 2.05) is 48.5 Å². The zero-order valence-electron chi connectivity index (χ0n) is 24.4. The number of allylic oxidation sites excluding steroid dienone is 1. The monoisotopic (exact) mass is 577 g/mol. The lowest BCUT2D eigenvalue weighted by Gasteiger charge is -2.15. The number of hydrogen-bond donors (Lipinski definition) is 0. The van der Waals surface area contributed by atoms with Crippen molar-refractivity contribution in [3.8, 4) is 45.3 Å². The minimum absolute atomic E-state index is 0.642. The number of fused-ring (bicyclic) bond motifs is 6. The molecule has 1 aliphatic carbocycles. The van der Waals surface area contributed by atoms with E-state index in [9.17, 15) is 0 Å². The Kier molecular flexibility index (Phi) is 5.91. The summed E-state index contributed by atoms with van der Waals surface area (Å²) in [6, 6.07) is 44.1. The summed E-state index contributed by atoms with van der Waals surface area (Å²) in [6.45, 7) is 0. The lowest BCUT2D eigenvalue weighted by molar-refractivity contribution is 0.669. The van der Waals surface area contributed by atoms with Crippen LogP contribution in [0.15, 0.2) is 138 Å². The Morgan fingerprint density at radius 3 is 2.09 bits per heavy atom. The van der Waals surface area contributed by atoms with Crippen LogP contribution in [0.1, 0.15) is 17.5 Å². The van der Waals surface area contributed by atoms with Crippen molar-refractivity contribution in [1.82, 2.24) is 15.0 Å². The second-order valence-electron chi connectivity index (χ2n) is 11.5. The quantitative estimate of drug-likeness (QED) is 0.209. The molecule has 0 radical (unpaired) electrons. The maximum atomic E-state index is 6.19. The Bertz CT molecular complexity index is 2440. The Labute approximate surface area is 260 Å². The topological polar surface area (TPSA) is 51.8 Å². The van der Waals surface area contributed by atoms with Crippen molar-refractivity contribution in [3.05, 3.63) is 145 Å². The van der Waals surface area contributed by atoms with Crippen LogP contribution >= 0.6 is 0 Å². The van der Waals surface area contributed by atoms with E-state index in [2.05, 4.69) is 91.0 Å². The second kappa shape index (κ2) is 10.4. The molecule has 8 aromatic rings. The molecule has 0 N–H and O–H groups in total. The van der Waals surface area contributed by atoms with E-state index in [1.165, 1.54) is 21.9 Å². The minimum atomic E-state index is 0.642. The Morgan fingerprint density at radius 2 is 1.20 bits per heavy atom. The van der Waals surface area contributed by atoms with Crippen LogP contribution in [-0.2, 0) is 6.42 Å². The molecule has 6 aromatic carbocycles. The highest BCUT2D eigenvalue weighted by Gasteiger charge is 2.17. The summed E-state index contributed by atoms with van der Waals surface area (Å²) in [5.74, 6) is 1.96. The molecule has 0 unspecified atom stereocenters. The van der Waals surface area contributed by atoms with Gasteiger partial charge >= 0.3 is 0 Å². The molecule has 45 heavy (non-hydrogen) atoms. The molecule has 0 fully saturated rings. The Morgan fingerprint density at radius 1 is 0.511 bits per heavy atom. The van der Waals surface area contributed by atoms with E-state index < -0.39 is 0 Å². The highest BCUT2D eigenvalue weighted by Crippen LogP contribution is 2.38. The van der Waals surface area contributed by atoms with Crippen molar-refractivity contribution in [3.63, 3.8) is 0 Å². The number of rotatable bonds is 4. The molecule has 0 bridgehead atoms. The summed E-state index contributed by atoms with van der Waals surface area (Å²) in [7, 11) is 0. The van der Waals surface area contributed by atoms with Gasteiger partial charge in [0.1, 0.15) is 11.2 Å². The highest BCUT2D eigenvalue weighted by molar-refractivity contribution is 6.12. The van der Waals surface area contributed by atoms with Gasteiger partial charge in [-0.2, -0.15) is 0 Å².